The highest BCUT2D eigenvalue weighted by Crippen LogP contribution is 2.22. The molecule has 0 aliphatic heterocycles. The van der Waals surface area contributed by atoms with E-state index in [-0.39, 0.29) is 10.5 Å². The number of benzene rings is 1. The standard InChI is InChI=1S/C16H12FN3O4S/c17-13-2-4-14(5-3-13)25(23,24)20-8-7-12-9-11(10-18-16(12)20)1-6-15(21)19-22/h1-10,22H,(H,19,21). The van der Waals surface area contributed by atoms with Crippen molar-refractivity contribution in [3.8, 4) is 0 Å². The van der Waals surface area contributed by atoms with Crippen molar-refractivity contribution in [2.75, 3.05) is 0 Å². The van der Waals surface area contributed by atoms with Crippen LogP contribution in [0.5, 0.6) is 0 Å². The van der Waals surface area contributed by atoms with E-state index in [0.29, 0.717) is 10.9 Å². The number of aromatic nitrogens is 2. The van der Waals surface area contributed by atoms with Crippen LogP contribution < -0.4 is 5.48 Å². The topological polar surface area (TPSA) is 101 Å². The number of fused-ring (bicyclic) bond motifs is 1. The zero-order valence-electron chi connectivity index (χ0n) is 12.6. The average Bonchev–Trinajstić information content (AvgIpc) is 3.04. The Morgan fingerprint density at radius 1 is 1.24 bits per heavy atom. The lowest BCUT2D eigenvalue weighted by atomic mass is 10.2. The number of rotatable bonds is 4. The Bertz CT molecular complexity index is 1070. The molecule has 2 heterocycles. The molecule has 9 heteroatoms. The van der Waals surface area contributed by atoms with E-state index in [1.165, 1.54) is 36.1 Å². The molecule has 0 spiro atoms. The highest BCUT2D eigenvalue weighted by Gasteiger charge is 2.19. The van der Waals surface area contributed by atoms with Crippen LogP contribution in [0.1, 0.15) is 5.56 Å². The van der Waals surface area contributed by atoms with Crippen molar-refractivity contribution >= 4 is 33.0 Å². The first-order valence-electron chi connectivity index (χ1n) is 7.02. The van der Waals surface area contributed by atoms with Gasteiger partial charge in [0.05, 0.1) is 4.90 Å². The Hall–Kier alpha value is -3.04. The molecule has 0 atom stereocenters. The van der Waals surface area contributed by atoms with Gasteiger partial charge >= 0.3 is 0 Å². The second-order valence-electron chi connectivity index (χ2n) is 5.06. The summed E-state index contributed by atoms with van der Waals surface area (Å²) in [5.41, 5.74) is 2.21. The van der Waals surface area contributed by atoms with Crippen molar-refractivity contribution in [3.05, 3.63) is 66.2 Å². The lowest BCUT2D eigenvalue weighted by Crippen LogP contribution is -2.14. The van der Waals surface area contributed by atoms with Crippen LogP contribution in [0.25, 0.3) is 17.1 Å². The maximum Gasteiger partial charge on any atom is 0.269 e. The molecular formula is C16H12FN3O4S. The Kier molecular flexibility index (Phi) is 4.34. The molecule has 1 amide bonds. The summed E-state index contributed by atoms with van der Waals surface area (Å²) in [5.74, 6) is -1.23. The van der Waals surface area contributed by atoms with Crippen molar-refractivity contribution < 1.29 is 22.8 Å². The molecule has 0 unspecified atom stereocenters. The predicted octanol–water partition coefficient (Wildman–Crippen LogP) is 1.93. The number of nitrogens with one attached hydrogen (secondary N) is 1. The lowest BCUT2D eigenvalue weighted by molar-refractivity contribution is -0.124. The largest absolute Gasteiger partial charge is 0.288 e. The van der Waals surface area contributed by atoms with E-state index in [1.54, 1.807) is 12.1 Å². The summed E-state index contributed by atoms with van der Waals surface area (Å²) in [6, 6.07) is 7.71. The molecule has 2 aromatic heterocycles. The average molecular weight is 361 g/mol. The van der Waals surface area contributed by atoms with Gasteiger partial charge in [0.1, 0.15) is 5.82 Å². The van der Waals surface area contributed by atoms with Gasteiger partial charge in [-0.15, -0.1) is 0 Å². The monoisotopic (exact) mass is 361 g/mol. The first-order chi connectivity index (χ1) is 11.9. The summed E-state index contributed by atoms with van der Waals surface area (Å²) in [6.07, 6.45) is 5.27. The quantitative estimate of drug-likeness (QED) is 0.420. The third-order valence-corrected chi connectivity index (χ3v) is 5.10. The highest BCUT2D eigenvalue weighted by atomic mass is 32.2. The zero-order valence-corrected chi connectivity index (χ0v) is 13.4. The first kappa shape index (κ1) is 16.8. The molecule has 7 nitrogen and oxygen atoms in total. The first-order valence-corrected chi connectivity index (χ1v) is 8.46. The Morgan fingerprint density at radius 2 is 1.96 bits per heavy atom. The summed E-state index contributed by atoms with van der Waals surface area (Å²) in [4.78, 5) is 15.0. The minimum atomic E-state index is -3.91. The number of carbonyl (C=O) groups is 1. The van der Waals surface area contributed by atoms with Gasteiger partial charge in [0.25, 0.3) is 15.9 Å². The van der Waals surface area contributed by atoms with Gasteiger partial charge < -0.3 is 0 Å². The molecule has 0 saturated heterocycles. The Labute approximate surface area is 142 Å². The number of hydroxylamine groups is 1. The second-order valence-corrected chi connectivity index (χ2v) is 6.88. The summed E-state index contributed by atoms with van der Waals surface area (Å²) in [6.45, 7) is 0. The maximum atomic E-state index is 13.0. The molecule has 0 fully saturated rings. The van der Waals surface area contributed by atoms with Crippen LogP contribution >= 0.6 is 0 Å². The number of pyridine rings is 1. The summed E-state index contributed by atoms with van der Waals surface area (Å²) >= 11 is 0. The van der Waals surface area contributed by atoms with Gasteiger partial charge in [0.15, 0.2) is 5.65 Å². The van der Waals surface area contributed by atoms with Crippen LogP contribution in [0.2, 0.25) is 0 Å². The number of carbonyl (C=O) groups excluding carboxylic acids is 1. The Morgan fingerprint density at radius 3 is 2.64 bits per heavy atom. The summed E-state index contributed by atoms with van der Waals surface area (Å²) in [7, 11) is -3.91. The maximum absolute atomic E-state index is 13.0. The van der Waals surface area contributed by atoms with Crippen LogP contribution in [0.3, 0.4) is 0 Å². The van der Waals surface area contributed by atoms with Gasteiger partial charge in [-0.25, -0.2) is 27.2 Å². The van der Waals surface area contributed by atoms with Crippen molar-refractivity contribution in [2.24, 2.45) is 0 Å². The fourth-order valence-corrected chi connectivity index (χ4v) is 3.54. The van der Waals surface area contributed by atoms with Gasteiger partial charge in [-0.2, -0.15) is 0 Å². The van der Waals surface area contributed by atoms with E-state index < -0.39 is 21.7 Å². The van der Waals surface area contributed by atoms with Gasteiger partial charge in [-0.1, -0.05) is 0 Å². The molecule has 1 aromatic carbocycles. The van der Waals surface area contributed by atoms with Gasteiger partial charge in [0, 0.05) is 23.9 Å². The van der Waals surface area contributed by atoms with Crippen LogP contribution in [-0.2, 0) is 14.8 Å². The number of amides is 1. The van der Waals surface area contributed by atoms with E-state index in [4.69, 9.17) is 5.21 Å². The predicted molar refractivity (Wildman–Crippen MR) is 87.7 cm³/mol. The zero-order chi connectivity index (χ0) is 18.0. The lowest BCUT2D eigenvalue weighted by Gasteiger charge is -2.07. The minimum Gasteiger partial charge on any atom is -0.288 e. The molecule has 3 aromatic rings. The molecule has 0 aliphatic rings. The van der Waals surface area contributed by atoms with Gasteiger partial charge in [-0.05, 0) is 48.0 Å². The van der Waals surface area contributed by atoms with Crippen LogP contribution in [0.15, 0.2) is 59.8 Å². The van der Waals surface area contributed by atoms with Gasteiger partial charge in [0.2, 0.25) is 0 Å². The van der Waals surface area contributed by atoms with E-state index in [0.717, 1.165) is 22.2 Å². The number of halogens is 1. The molecule has 0 radical (unpaired) electrons. The highest BCUT2D eigenvalue weighted by molar-refractivity contribution is 7.90. The molecule has 2 N–H and O–H groups in total. The third kappa shape index (κ3) is 3.28. The smallest absolute Gasteiger partial charge is 0.269 e. The molecule has 0 saturated carbocycles. The summed E-state index contributed by atoms with van der Waals surface area (Å²) in [5, 5.41) is 8.98. The van der Waals surface area contributed by atoms with Crippen LogP contribution in [-0.4, -0.2) is 28.5 Å². The molecule has 0 aliphatic carbocycles. The Balaban J connectivity index is 2.02. The number of hydrogen-bond donors (Lipinski definition) is 2. The van der Waals surface area contributed by atoms with Crippen LogP contribution in [0, 0.1) is 5.82 Å². The van der Waals surface area contributed by atoms with E-state index >= 15 is 0 Å². The minimum absolute atomic E-state index is 0.0585. The molecule has 128 valence electrons. The molecule has 25 heavy (non-hydrogen) atoms. The van der Waals surface area contributed by atoms with Crippen molar-refractivity contribution in [2.45, 2.75) is 4.90 Å². The normalized spacial score (nSPS) is 11.9. The van der Waals surface area contributed by atoms with E-state index in [1.807, 2.05) is 0 Å². The fraction of sp³-hybridized carbons (Fsp3) is 0. The van der Waals surface area contributed by atoms with Crippen LogP contribution in [0.4, 0.5) is 4.39 Å². The van der Waals surface area contributed by atoms with E-state index in [2.05, 4.69) is 4.98 Å². The number of hydrogen-bond acceptors (Lipinski definition) is 5. The third-order valence-electron chi connectivity index (χ3n) is 3.42. The molecule has 3 rings (SSSR count). The fourth-order valence-electron chi connectivity index (χ4n) is 2.23. The number of nitrogens with zero attached hydrogens (tertiary/aromatic N) is 2. The van der Waals surface area contributed by atoms with Gasteiger partial charge in [-0.3, -0.25) is 10.0 Å². The van der Waals surface area contributed by atoms with Crippen molar-refractivity contribution in [1.29, 1.82) is 0 Å². The summed E-state index contributed by atoms with van der Waals surface area (Å²) < 4.78 is 39.3. The SMILES string of the molecule is O=C(C=Cc1cnc2c(ccn2S(=O)(=O)c2ccc(F)cc2)c1)NO. The molecular weight excluding hydrogens is 349 g/mol. The van der Waals surface area contributed by atoms with Crippen molar-refractivity contribution in [3.63, 3.8) is 0 Å². The molecule has 0 bridgehead atoms. The van der Waals surface area contributed by atoms with E-state index in [9.17, 15) is 17.6 Å². The second kappa shape index (κ2) is 6.46. The van der Waals surface area contributed by atoms with Crippen molar-refractivity contribution in [1.82, 2.24) is 14.4 Å².